The number of piperidine rings is 1. The first-order valence-corrected chi connectivity index (χ1v) is 6.98. The lowest BCUT2D eigenvalue weighted by molar-refractivity contribution is -0.133. The van der Waals surface area contributed by atoms with Gasteiger partial charge in [-0.3, -0.25) is 9.69 Å². The molecule has 0 aromatic rings. The molecule has 1 N–H and O–H groups in total. The maximum Gasteiger partial charge on any atom is 0.326 e. The zero-order valence-electron chi connectivity index (χ0n) is 10.9. The Hall–Kier alpha value is -1.10. The van der Waals surface area contributed by atoms with E-state index in [4.69, 9.17) is 0 Å². The van der Waals surface area contributed by atoms with Crippen molar-refractivity contribution in [2.75, 3.05) is 19.8 Å². The number of hydrogen-bond donors (Lipinski definition) is 1. The van der Waals surface area contributed by atoms with Gasteiger partial charge in [0.2, 0.25) is 0 Å². The largest absolute Gasteiger partial charge is 0.326 e. The Bertz CT molecular complexity index is 374. The highest BCUT2D eigenvalue weighted by Gasteiger charge is 2.56. The second kappa shape index (κ2) is 4.23. The number of likely N-dealkylation sites (tertiary alicyclic amines) is 1. The van der Waals surface area contributed by atoms with Gasteiger partial charge in [0.25, 0.3) is 5.91 Å². The molecule has 3 fully saturated rings. The van der Waals surface area contributed by atoms with Gasteiger partial charge in [-0.15, -0.1) is 0 Å². The van der Waals surface area contributed by atoms with Gasteiger partial charge >= 0.3 is 6.03 Å². The number of nitrogens with zero attached hydrogens (tertiary/aromatic N) is 2. The van der Waals surface area contributed by atoms with E-state index in [0.717, 1.165) is 25.9 Å². The van der Waals surface area contributed by atoms with Crippen molar-refractivity contribution in [2.24, 2.45) is 5.92 Å². The predicted octanol–water partition coefficient (Wildman–Crippen LogP) is 1.15. The van der Waals surface area contributed by atoms with Gasteiger partial charge in [-0.2, -0.15) is 0 Å². The maximum atomic E-state index is 12.4. The highest BCUT2D eigenvalue weighted by Crippen LogP contribution is 2.42. The lowest BCUT2D eigenvalue weighted by Gasteiger charge is -2.29. The van der Waals surface area contributed by atoms with Gasteiger partial charge in [0.1, 0.15) is 5.54 Å². The summed E-state index contributed by atoms with van der Waals surface area (Å²) in [7, 11) is 0. The Morgan fingerprint density at radius 3 is 2.50 bits per heavy atom. The molecule has 2 saturated heterocycles. The van der Waals surface area contributed by atoms with E-state index in [9.17, 15) is 9.59 Å². The average molecular weight is 251 g/mol. The van der Waals surface area contributed by atoms with Crippen LogP contribution >= 0.6 is 0 Å². The molecular weight excluding hydrogens is 230 g/mol. The summed E-state index contributed by atoms with van der Waals surface area (Å²) in [4.78, 5) is 28.0. The van der Waals surface area contributed by atoms with E-state index in [-0.39, 0.29) is 11.9 Å². The first kappa shape index (κ1) is 12.0. The average Bonchev–Trinajstić information content (AvgIpc) is 3.17. The summed E-state index contributed by atoms with van der Waals surface area (Å²) in [5.74, 6) is 0.320. The Morgan fingerprint density at radius 1 is 1.22 bits per heavy atom. The van der Waals surface area contributed by atoms with Crippen LogP contribution in [-0.2, 0) is 4.79 Å². The van der Waals surface area contributed by atoms with E-state index < -0.39 is 5.54 Å². The molecule has 5 nitrogen and oxygen atoms in total. The number of imide groups is 1. The van der Waals surface area contributed by atoms with Crippen molar-refractivity contribution >= 4 is 11.9 Å². The fourth-order valence-corrected chi connectivity index (χ4v) is 3.08. The minimum absolute atomic E-state index is 0.0272. The Morgan fingerprint density at radius 2 is 1.89 bits per heavy atom. The van der Waals surface area contributed by atoms with Crippen molar-refractivity contribution in [2.45, 2.75) is 44.6 Å². The third kappa shape index (κ3) is 1.90. The number of nitrogens with one attached hydrogen (secondary N) is 1. The number of urea groups is 1. The number of rotatable bonds is 3. The lowest BCUT2D eigenvalue weighted by atomic mass is 9.96. The molecule has 18 heavy (non-hydrogen) atoms. The smallest absolute Gasteiger partial charge is 0.323 e. The molecule has 1 saturated carbocycles. The summed E-state index contributed by atoms with van der Waals surface area (Å²) in [6.07, 6.45) is 5.71. The van der Waals surface area contributed by atoms with Crippen molar-refractivity contribution in [1.29, 1.82) is 0 Å². The summed E-state index contributed by atoms with van der Waals surface area (Å²) in [6, 6.07) is -0.208. The molecule has 2 aliphatic heterocycles. The zero-order valence-corrected chi connectivity index (χ0v) is 10.9. The number of carbonyl (C=O) groups excluding carboxylic acids is 2. The van der Waals surface area contributed by atoms with Crippen LogP contribution in [0.4, 0.5) is 4.79 Å². The molecule has 0 unspecified atom stereocenters. The van der Waals surface area contributed by atoms with Gasteiger partial charge in [-0.25, -0.2) is 9.69 Å². The van der Waals surface area contributed by atoms with Crippen LogP contribution in [0.3, 0.4) is 0 Å². The highest BCUT2D eigenvalue weighted by atomic mass is 16.2. The van der Waals surface area contributed by atoms with Crippen molar-refractivity contribution in [3.05, 3.63) is 0 Å². The summed E-state index contributed by atoms with van der Waals surface area (Å²) in [5, 5.41) is 2.89. The summed E-state index contributed by atoms with van der Waals surface area (Å²) in [6.45, 7) is 4.34. The summed E-state index contributed by atoms with van der Waals surface area (Å²) in [5.41, 5.74) is -0.632. The SMILES string of the molecule is C[C@]1(C2CC2)NC(=O)N(CN2CCCCC2)C1=O. The Kier molecular flexibility index (Phi) is 2.81. The van der Waals surface area contributed by atoms with Gasteiger partial charge in [0.05, 0.1) is 6.67 Å². The summed E-state index contributed by atoms with van der Waals surface area (Å²) >= 11 is 0. The Balaban J connectivity index is 1.68. The molecule has 0 aromatic heterocycles. The quantitative estimate of drug-likeness (QED) is 0.766. The molecule has 3 rings (SSSR count). The van der Waals surface area contributed by atoms with Crippen LogP contribution in [0.2, 0.25) is 0 Å². The molecule has 1 aliphatic carbocycles. The van der Waals surface area contributed by atoms with Crippen LogP contribution in [0.1, 0.15) is 39.0 Å². The number of carbonyl (C=O) groups is 2. The minimum Gasteiger partial charge on any atom is -0.323 e. The van der Waals surface area contributed by atoms with Gasteiger partial charge < -0.3 is 5.32 Å². The molecule has 0 aromatic carbocycles. The van der Waals surface area contributed by atoms with Gasteiger partial charge in [0, 0.05) is 0 Å². The predicted molar refractivity (Wildman–Crippen MR) is 66.8 cm³/mol. The molecule has 1 atom stereocenters. The zero-order chi connectivity index (χ0) is 12.8. The molecule has 3 amide bonds. The van der Waals surface area contributed by atoms with E-state index in [1.54, 1.807) is 0 Å². The van der Waals surface area contributed by atoms with Crippen LogP contribution in [0, 0.1) is 5.92 Å². The molecular formula is C13H21N3O2. The van der Waals surface area contributed by atoms with Gasteiger partial charge in [-0.1, -0.05) is 6.42 Å². The van der Waals surface area contributed by atoms with Crippen molar-refractivity contribution in [3.8, 4) is 0 Å². The van der Waals surface area contributed by atoms with Crippen molar-refractivity contribution in [3.63, 3.8) is 0 Å². The molecule has 2 heterocycles. The van der Waals surface area contributed by atoms with Gasteiger partial charge in [-0.05, 0) is 51.6 Å². The normalized spacial score (nSPS) is 33.9. The molecule has 0 radical (unpaired) electrons. The van der Waals surface area contributed by atoms with E-state index in [0.29, 0.717) is 12.6 Å². The fraction of sp³-hybridized carbons (Fsp3) is 0.846. The van der Waals surface area contributed by atoms with E-state index in [2.05, 4.69) is 10.2 Å². The lowest BCUT2D eigenvalue weighted by Crippen LogP contribution is -2.47. The summed E-state index contributed by atoms with van der Waals surface area (Å²) < 4.78 is 0. The highest BCUT2D eigenvalue weighted by molar-refractivity contribution is 6.07. The second-order valence-corrected chi connectivity index (χ2v) is 5.96. The molecule has 0 spiro atoms. The number of hydrogen-bond acceptors (Lipinski definition) is 3. The molecule has 3 aliphatic rings. The van der Waals surface area contributed by atoms with Crippen LogP contribution in [-0.4, -0.2) is 47.0 Å². The minimum atomic E-state index is -0.632. The van der Waals surface area contributed by atoms with Gasteiger partial charge in [0.15, 0.2) is 0 Å². The standard InChI is InChI=1S/C13H21N3O2/c1-13(10-5-6-10)11(17)16(12(18)14-13)9-15-7-3-2-4-8-15/h10H,2-9H2,1H3,(H,14,18)/t13-/m1/s1. The van der Waals surface area contributed by atoms with E-state index >= 15 is 0 Å². The van der Waals surface area contributed by atoms with Crippen molar-refractivity contribution in [1.82, 2.24) is 15.1 Å². The van der Waals surface area contributed by atoms with Crippen LogP contribution < -0.4 is 5.32 Å². The monoisotopic (exact) mass is 251 g/mol. The topological polar surface area (TPSA) is 52.7 Å². The fourth-order valence-electron chi connectivity index (χ4n) is 3.08. The van der Waals surface area contributed by atoms with Crippen LogP contribution in [0.25, 0.3) is 0 Å². The molecule has 0 bridgehead atoms. The first-order valence-electron chi connectivity index (χ1n) is 6.98. The second-order valence-electron chi connectivity index (χ2n) is 5.96. The van der Waals surface area contributed by atoms with Crippen molar-refractivity contribution < 1.29 is 9.59 Å². The Labute approximate surface area is 107 Å². The van der Waals surface area contributed by atoms with E-state index in [1.165, 1.54) is 24.2 Å². The molecule has 100 valence electrons. The maximum absolute atomic E-state index is 12.4. The third-order valence-electron chi connectivity index (χ3n) is 4.49. The third-order valence-corrected chi connectivity index (χ3v) is 4.49. The van der Waals surface area contributed by atoms with Crippen LogP contribution in [0.5, 0.6) is 0 Å². The number of amides is 3. The first-order chi connectivity index (χ1) is 8.61. The van der Waals surface area contributed by atoms with Crippen LogP contribution in [0.15, 0.2) is 0 Å². The molecule has 5 heteroatoms. The van der Waals surface area contributed by atoms with E-state index in [1.807, 2.05) is 6.92 Å².